The third-order valence-corrected chi connectivity index (χ3v) is 2.63. The average Bonchev–Trinajstić information content (AvgIpc) is 2.37. The molecule has 0 aromatic heterocycles. The van der Waals surface area contributed by atoms with E-state index in [0.717, 1.165) is 5.56 Å². The summed E-state index contributed by atoms with van der Waals surface area (Å²) in [6.07, 6.45) is -3.86. The molecular formula is C13H16F4N2O. The van der Waals surface area contributed by atoms with Crippen molar-refractivity contribution in [2.75, 3.05) is 13.1 Å². The Labute approximate surface area is 114 Å². The Kier molecular flexibility index (Phi) is 5.94. The van der Waals surface area contributed by atoms with Gasteiger partial charge in [0.2, 0.25) is 5.91 Å². The van der Waals surface area contributed by atoms with Crippen LogP contribution in [0.25, 0.3) is 0 Å². The number of hydrogen-bond acceptors (Lipinski definition) is 2. The Bertz CT molecular complexity index is 431. The molecule has 1 aromatic carbocycles. The van der Waals surface area contributed by atoms with Gasteiger partial charge in [0.25, 0.3) is 0 Å². The molecule has 1 atom stereocenters. The van der Waals surface area contributed by atoms with Gasteiger partial charge < -0.3 is 10.6 Å². The largest absolute Gasteiger partial charge is 0.405 e. The van der Waals surface area contributed by atoms with Gasteiger partial charge in [-0.25, -0.2) is 4.39 Å². The van der Waals surface area contributed by atoms with Crippen molar-refractivity contribution in [2.24, 2.45) is 0 Å². The van der Waals surface area contributed by atoms with E-state index in [4.69, 9.17) is 0 Å². The molecule has 1 amide bonds. The predicted octanol–water partition coefficient (Wildman–Crippen LogP) is 2.02. The highest BCUT2D eigenvalue weighted by Gasteiger charge is 2.28. The molecule has 2 N–H and O–H groups in total. The molecular weight excluding hydrogens is 276 g/mol. The zero-order chi connectivity index (χ0) is 15.2. The van der Waals surface area contributed by atoms with Crippen molar-refractivity contribution in [3.05, 3.63) is 35.6 Å². The highest BCUT2D eigenvalue weighted by molar-refractivity contribution is 5.81. The van der Waals surface area contributed by atoms with Crippen LogP contribution in [0.3, 0.4) is 0 Å². The van der Waals surface area contributed by atoms with Gasteiger partial charge >= 0.3 is 6.18 Å². The molecule has 1 rings (SSSR count). The van der Waals surface area contributed by atoms with Gasteiger partial charge in [0.1, 0.15) is 12.4 Å². The fraction of sp³-hybridized carbons (Fsp3) is 0.462. The van der Waals surface area contributed by atoms with E-state index in [9.17, 15) is 22.4 Å². The number of halogens is 4. The number of rotatable bonds is 6. The van der Waals surface area contributed by atoms with E-state index < -0.39 is 24.7 Å². The maximum atomic E-state index is 12.7. The first kappa shape index (κ1) is 16.4. The lowest BCUT2D eigenvalue weighted by molar-refractivity contribution is -0.139. The van der Waals surface area contributed by atoms with E-state index in [1.165, 1.54) is 19.1 Å². The van der Waals surface area contributed by atoms with Gasteiger partial charge in [-0.1, -0.05) is 12.1 Å². The van der Waals surface area contributed by atoms with Crippen molar-refractivity contribution < 1.29 is 22.4 Å². The molecule has 20 heavy (non-hydrogen) atoms. The SMILES string of the molecule is CC(NCCc1ccc(F)cc1)C(=O)NCC(F)(F)F. The molecule has 0 aliphatic heterocycles. The third kappa shape index (κ3) is 6.51. The smallest absolute Gasteiger partial charge is 0.346 e. The maximum Gasteiger partial charge on any atom is 0.405 e. The lowest BCUT2D eigenvalue weighted by Gasteiger charge is -2.15. The fourth-order valence-corrected chi connectivity index (χ4v) is 1.52. The highest BCUT2D eigenvalue weighted by atomic mass is 19.4. The lowest BCUT2D eigenvalue weighted by Crippen LogP contribution is -2.45. The van der Waals surface area contributed by atoms with E-state index in [0.29, 0.717) is 13.0 Å². The lowest BCUT2D eigenvalue weighted by atomic mass is 10.1. The summed E-state index contributed by atoms with van der Waals surface area (Å²) < 4.78 is 48.4. The van der Waals surface area contributed by atoms with Crippen LogP contribution >= 0.6 is 0 Å². The Morgan fingerprint density at radius 1 is 1.25 bits per heavy atom. The Morgan fingerprint density at radius 3 is 2.40 bits per heavy atom. The van der Waals surface area contributed by atoms with Crippen molar-refractivity contribution in [1.82, 2.24) is 10.6 Å². The fourth-order valence-electron chi connectivity index (χ4n) is 1.52. The first-order valence-electron chi connectivity index (χ1n) is 6.10. The molecule has 1 unspecified atom stereocenters. The minimum atomic E-state index is -4.41. The highest BCUT2D eigenvalue weighted by Crippen LogP contribution is 2.12. The normalized spacial score (nSPS) is 13.1. The summed E-state index contributed by atoms with van der Waals surface area (Å²) in [6.45, 7) is 0.554. The molecule has 3 nitrogen and oxygen atoms in total. The van der Waals surface area contributed by atoms with E-state index in [1.54, 1.807) is 17.4 Å². The average molecular weight is 292 g/mol. The molecule has 0 radical (unpaired) electrons. The standard InChI is InChI=1S/C13H16F4N2O/c1-9(12(20)19-8-13(15,16)17)18-7-6-10-2-4-11(14)5-3-10/h2-5,9,18H,6-8H2,1H3,(H,19,20). The van der Waals surface area contributed by atoms with E-state index in [1.807, 2.05) is 0 Å². The van der Waals surface area contributed by atoms with Crippen molar-refractivity contribution >= 4 is 5.91 Å². The van der Waals surface area contributed by atoms with Gasteiger partial charge in [-0.2, -0.15) is 13.2 Å². The number of carbonyl (C=O) groups is 1. The Balaban J connectivity index is 2.27. The van der Waals surface area contributed by atoms with Gasteiger partial charge in [0, 0.05) is 0 Å². The second-order valence-electron chi connectivity index (χ2n) is 4.39. The van der Waals surface area contributed by atoms with Crippen LogP contribution < -0.4 is 10.6 Å². The monoisotopic (exact) mass is 292 g/mol. The molecule has 0 spiro atoms. The summed E-state index contributed by atoms with van der Waals surface area (Å²) in [5, 5.41) is 4.61. The summed E-state index contributed by atoms with van der Waals surface area (Å²) in [5.41, 5.74) is 0.877. The van der Waals surface area contributed by atoms with E-state index in [-0.39, 0.29) is 5.82 Å². The van der Waals surface area contributed by atoms with Crippen LogP contribution in [0.4, 0.5) is 17.6 Å². The number of hydrogen-bond donors (Lipinski definition) is 2. The Hall–Kier alpha value is -1.63. The molecule has 0 fully saturated rings. The zero-order valence-electron chi connectivity index (χ0n) is 10.9. The van der Waals surface area contributed by atoms with Gasteiger partial charge in [0.05, 0.1) is 6.04 Å². The summed E-state index contributed by atoms with van der Waals surface area (Å²) in [5.74, 6) is -1.04. The van der Waals surface area contributed by atoms with Crippen LogP contribution in [-0.2, 0) is 11.2 Å². The third-order valence-electron chi connectivity index (χ3n) is 2.63. The van der Waals surface area contributed by atoms with Crippen LogP contribution in [-0.4, -0.2) is 31.2 Å². The van der Waals surface area contributed by atoms with Crippen molar-refractivity contribution in [1.29, 1.82) is 0 Å². The predicted molar refractivity (Wildman–Crippen MR) is 66.6 cm³/mol. The van der Waals surface area contributed by atoms with Crippen LogP contribution in [0.1, 0.15) is 12.5 Å². The number of carbonyl (C=O) groups excluding carboxylic acids is 1. The van der Waals surface area contributed by atoms with Gasteiger partial charge in [0.15, 0.2) is 0 Å². The molecule has 0 aliphatic rings. The van der Waals surface area contributed by atoms with Crippen molar-refractivity contribution in [3.8, 4) is 0 Å². The molecule has 1 aromatic rings. The minimum absolute atomic E-state index is 0.332. The van der Waals surface area contributed by atoms with Gasteiger partial charge in [-0.05, 0) is 37.6 Å². The summed E-state index contributed by atoms with van der Waals surface area (Å²) in [6, 6.07) is 5.17. The number of amides is 1. The molecule has 112 valence electrons. The molecule has 0 saturated heterocycles. The summed E-state index contributed by atoms with van der Waals surface area (Å²) >= 11 is 0. The number of nitrogens with one attached hydrogen (secondary N) is 2. The second kappa shape index (κ2) is 7.23. The summed E-state index contributed by atoms with van der Waals surface area (Å²) in [4.78, 5) is 11.4. The first-order valence-corrected chi connectivity index (χ1v) is 6.10. The van der Waals surface area contributed by atoms with Crippen LogP contribution in [0.15, 0.2) is 24.3 Å². The van der Waals surface area contributed by atoms with Gasteiger partial charge in [-0.15, -0.1) is 0 Å². The molecule has 0 heterocycles. The molecule has 0 aliphatic carbocycles. The molecule has 0 bridgehead atoms. The van der Waals surface area contributed by atoms with Gasteiger partial charge in [-0.3, -0.25) is 4.79 Å². The second-order valence-corrected chi connectivity index (χ2v) is 4.39. The zero-order valence-corrected chi connectivity index (χ0v) is 10.9. The first-order chi connectivity index (χ1) is 9.28. The summed E-state index contributed by atoms with van der Waals surface area (Å²) in [7, 11) is 0. The van der Waals surface area contributed by atoms with Crippen molar-refractivity contribution in [3.63, 3.8) is 0 Å². The Morgan fingerprint density at radius 2 is 1.85 bits per heavy atom. The van der Waals surface area contributed by atoms with Crippen molar-refractivity contribution in [2.45, 2.75) is 25.6 Å². The minimum Gasteiger partial charge on any atom is -0.346 e. The van der Waals surface area contributed by atoms with E-state index >= 15 is 0 Å². The maximum absolute atomic E-state index is 12.7. The van der Waals surface area contributed by atoms with E-state index in [2.05, 4.69) is 5.32 Å². The number of alkyl halides is 3. The number of benzene rings is 1. The van der Waals surface area contributed by atoms with Crippen LogP contribution in [0, 0.1) is 5.82 Å². The van der Waals surface area contributed by atoms with Crippen LogP contribution in [0.2, 0.25) is 0 Å². The molecule has 7 heteroatoms. The quantitative estimate of drug-likeness (QED) is 0.788. The van der Waals surface area contributed by atoms with Crippen LogP contribution in [0.5, 0.6) is 0 Å². The molecule has 0 saturated carbocycles. The topological polar surface area (TPSA) is 41.1 Å².